The van der Waals surface area contributed by atoms with Gasteiger partial charge in [-0.1, -0.05) is 6.07 Å². The average molecular weight is 246 g/mol. The number of hydrogen-bond donors (Lipinski definition) is 2. The fraction of sp³-hybridized carbons (Fsp3) is 0.250. The van der Waals surface area contributed by atoms with E-state index in [1.807, 2.05) is 0 Å². The highest BCUT2D eigenvalue weighted by Gasteiger charge is 2.25. The van der Waals surface area contributed by atoms with Crippen molar-refractivity contribution in [3.05, 3.63) is 47.0 Å². The van der Waals surface area contributed by atoms with E-state index in [0.29, 0.717) is 0 Å². The van der Waals surface area contributed by atoms with Crippen molar-refractivity contribution in [2.75, 3.05) is 0 Å². The molecule has 2 N–H and O–H groups in total. The molecule has 6 heteroatoms. The summed E-state index contributed by atoms with van der Waals surface area (Å²) in [6.45, 7) is 0. The van der Waals surface area contributed by atoms with Gasteiger partial charge in [-0.25, -0.2) is 4.39 Å². The Labute approximate surface area is 102 Å². The number of benzene rings is 1. The Morgan fingerprint density at radius 1 is 1.50 bits per heavy atom. The van der Waals surface area contributed by atoms with Crippen LogP contribution >= 0.6 is 0 Å². The molecule has 1 aromatic carbocycles. The zero-order chi connectivity index (χ0) is 12.5. The number of H-pyrrole nitrogens is 1. The predicted molar refractivity (Wildman–Crippen MR) is 61.3 cm³/mol. The molecule has 0 unspecified atom stereocenters. The maximum Gasteiger partial charge on any atom is 0.273 e. The van der Waals surface area contributed by atoms with E-state index >= 15 is 0 Å². The molecule has 1 heterocycles. The maximum atomic E-state index is 13.2. The zero-order valence-corrected chi connectivity index (χ0v) is 9.48. The van der Waals surface area contributed by atoms with E-state index < -0.39 is 0 Å². The zero-order valence-electron chi connectivity index (χ0n) is 9.48. The quantitative estimate of drug-likeness (QED) is 0.840. The van der Waals surface area contributed by atoms with E-state index in [4.69, 9.17) is 0 Å². The van der Waals surface area contributed by atoms with Crippen LogP contribution in [0.2, 0.25) is 0 Å². The molecule has 0 aliphatic heterocycles. The van der Waals surface area contributed by atoms with Gasteiger partial charge in [0, 0.05) is 0 Å². The van der Waals surface area contributed by atoms with Gasteiger partial charge in [0.2, 0.25) is 0 Å². The highest BCUT2D eigenvalue weighted by Crippen LogP contribution is 2.31. The Bertz CT molecular complexity index is 582. The Kier molecular flexibility index (Phi) is 2.55. The molecule has 18 heavy (non-hydrogen) atoms. The minimum atomic E-state index is -0.300. The van der Waals surface area contributed by atoms with E-state index in [1.165, 1.54) is 18.3 Å². The standard InChI is InChI=1S/C12H11FN4O/c13-8-3-1-7-2-4-10(9(7)5-8)15-12(18)11-6-14-17-16-11/h1,3,5-6,10H,2,4H2,(H,15,18)(H,14,16,17)/t10-/m0/s1. The van der Waals surface area contributed by atoms with Crippen molar-refractivity contribution in [1.29, 1.82) is 0 Å². The second-order valence-corrected chi connectivity index (χ2v) is 4.26. The Balaban J connectivity index is 1.81. The number of halogens is 1. The van der Waals surface area contributed by atoms with Crippen molar-refractivity contribution in [3.8, 4) is 0 Å². The molecule has 92 valence electrons. The summed E-state index contributed by atoms with van der Waals surface area (Å²) in [6.07, 6.45) is 2.98. The summed E-state index contributed by atoms with van der Waals surface area (Å²) in [5.74, 6) is -0.581. The smallest absolute Gasteiger partial charge is 0.273 e. The molecule has 1 aromatic heterocycles. The monoisotopic (exact) mass is 246 g/mol. The summed E-state index contributed by atoms with van der Waals surface area (Å²) < 4.78 is 13.2. The fourth-order valence-corrected chi connectivity index (χ4v) is 2.27. The SMILES string of the molecule is O=C(N[C@H]1CCc2ccc(F)cc21)c1cn[nH]n1. The number of hydrogen-bond acceptors (Lipinski definition) is 3. The van der Waals surface area contributed by atoms with E-state index in [1.54, 1.807) is 6.07 Å². The first-order chi connectivity index (χ1) is 8.74. The Morgan fingerprint density at radius 3 is 3.17 bits per heavy atom. The normalized spacial score (nSPS) is 17.5. The van der Waals surface area contributed by atoms with E-state index in [2.05, 4.69) is 20.7 Å². The number of aromatic nitrogens is 3. The minimum Gasteiger partial charge on any atom is -0.344 e. The van der Waals surface area contributed by atoms with Crippen molar-refractivity contribution in [1.82, 2.24) is 20.7 Å². The summed E-state index contributed by atoms with van der Waals surface area (Å²) in [5, 5.41) is 12.5. The summed E-state index contributed by atoms with van der Waals surface area (Å²) >= 11 is 0. The molecule has 0 spiro atoms. The Hall–Kier alpha value is -2.24. The molecule has 1 aliphatic rings. The van der Waals surface area contributed by atoms with Crippen molar-refractivity contribution in [2.45, 2.75) is 18.9 Å². The number of aromatic amines is 1. The fourth-order valence-electron chi connectivity index (χ4n) is 2.27. The summed E-state index contributed by atoms with van der Waals surface area (Å²) in [6, 6.07) is 4.55. The predicted octanol–water partition coefficient (Wildman–Crippen LogP) is 1.36. The first-order valence-corrected chi connectivity index (χ1v) is 5.69. The van der Waals surface area contributed by atoms with Crippen LogP contribution in [-0.2, 0) is 6.42 Å². The van der Waals surface area contributed by atoms with Gasteiger partial charge >= 0.3 is 0 Å². The topological polar surface area (TPSA) is 70.7 Å². The van der Waals surface area contributed by atoms with Crippen molar-refractivity contribution < 1.29 is 9.18 Å². The van der Waals surface area contributed by atoms with Crippen LogP contribution in [0.25, 0.3) is 0 Å². The lowest BCUT2D eigenvalue weighted by atomic mass is 10.1. The van der Waals surface area contributed by atoms with Crippen LogP contribution in [-0.4, -0.2) is 21.3 Å². The van der Waals surface area contributed by atoms with Crippen molar-refractivity contribution in [2.24, 2.45) is 0 Å². The molecular weight excluding hydrogens is 235 g/mol. The molecular formula is C12H11FN4O. The second kappa shape index (κ2) is 4.21. The largest absolute Gasteiger partial charge is 0.344 e. The number of amides is 1. The van der Waals surface area contributed by atoms with E-state index in [0.717, 1.165) is 24.0 Å². The van der Waals surface area contributed by atoms with Gasteiger partial charge in [0.15, 0.2) is 5.69 Å². The van der Waals surface area contributed by atoms with Crippen LogP contribution in [0.15, 0.2) is 24.4 Å². The molecule has 5 nitrogen and oxygen atoms in total. The number of nitrogens with zero attached hydrogens (tertiary/aromatic N) is 2. The molecule has 1 atom stereocenters. The van der Waals surface area contributed by atoms with Gasteiger partial charge in [0.05, 0.1) is 12.2 Å². The van der Waals surface area contributed by atoms with Gasteiger partial charge in [-0.2, -0.15) is 15.4 Å². The summed E-state index contributed by atoms with van der Waals surface area (Å²) in [7, 11) is 0. The van der Waals surface area contributed by atoms with Crippen LogP contribution in [0.3, 0.4) is 0 Å². The maximum absolute atomic E-state index is 13.2. The molecule has 0 saturated carbocycles. The van der Waals surface area contributed by atoms with E-state index in [-0.39, 0.29) is 23.5 Å². The average Bonchev–Trinajstić information content (AvgIpc) is 2.99. The number of rotatable bonds is 2. The molecule has 1 amide bonds. The molecule has 0 fully saturated rings. The number of nitrogens with one attached hydrogen (secondary N) is 2. The van der Waals surface area contributed by atoms with Crippen LogP contribution in [0.5, 0.6) is 0 Å². The summed E-state index contributed by atoms with van der Waals surface area (Å²) in [5.41, 5.74) is 2.17. The number of carbonyl (C=O) groups is 1. The molecule has 0 saturated heterocycles. The minimum absolute atomic E-state index is 0.153. The van der Waals surface area contributed by atoms with Crippen LogP contribution < -0.4 is 5.32 Å². The van der Waals surface area contributed by atoms with Crippen LogP contribution in [0.1, 0.15) is 34.1 Å². The Morgan fingerprint density at radius 2 is 2.39 bits per heavy atom. The van der Waals surface area contributed by atoms with Gasteiger partial charge in [-0.05, 0) is 36.1 Å². The van der Waals surface area contributed by atoms with Gasteiger partial charge < -0.3 is 5.32 Å². The van der Waals surface area contributed by atoms with Crippen molar-refractivity contribution in [3.63, 3.8) is 0 Å². The highest BCUT2D eigenvalue weighted by atomic mass is 19.1. The van der Waals surface area contributed by atoms with Gasteiger partial charge in [0.25, 0.3) is 5.91 Å². The lowest BCUT2D eigenvalue weighted by molar-refractivity contribution is 0.0931. The van der Waals surface area contributed by atoms with Crippen molar-refractivity contribution >= 4 is 5.91 Å². The molecule has 0 radical (unpaired) electrons. The first-order valence-electron chi connectivity index (χ1n) is 5.69. The first kappa shape index (κ1) is 10.9. The number of carbonyl (C=O) groups excluding carboxylic acids is 1. The lowest BCUT2D eigenvalue weighted by Gasteiger charge is -2.12. The molecule has 2 aromatic rings. The van der Waals surface area contributed by atoms with Crippen LogP contribution in [0, 0.1) is 5.82 Å². The summed E-state index contributed by atoms with van der Waals surface area (Å²) in [4.78, 5) is 11.8. The number of fused-ring (bicyclic) bond motifs is 1. The molecule has 0 bridgehead atoms. The van der Waals surface area contributed by atoms with Gasteiger partial charge in [-0.15, -0.1) is 0 Å². The molecule has 1 aliphatic carbocycles. The van der Waals surface area contributed by atoms with E-state index in [9.17, 15) is 9.18 Å². The van der Waals surface area contributed by atoms with Gasteiger partial charge in [0.1, 0.15) is 5.82 Å². The third kappa shape index (κ3) is 1.85. The highest BCUT2D eigenvalue weighted by molar-refractivity contribution is 5.92. The third-order valence-electron chi connectivity index (χ3n) is 3.14. The number of aryl methyl sites for hydroxylation is 1. The second-order valence-electron chi connectivity index (χ2n) is 4.26. The molecule has 3 rings (SSSR count). The van der Waals surface area contributed by atoms with Gasteiger partial charge in [-0.3, -0.25) is 4.79 Å². The van der Waals surface area contributed by atoms with Crippen LogP contribution in [0.4, 0.5) is 4.39 Å². The third-order valence-corrected chi connectivity index (χ3v) is 3.14. The lowest BCUT2D eigenvalue weighted by Crippen LogP contribution is -2.27.